The summed E-state index contributed by atoms with van der Waals surface area (Å²) in [5.74, 6) is -0.0260. The first-order chi connectivity index (χ1) is 15.1. The highest BCUT2D eigenvalue weighted by Crippen LogP contribution is 2.23. The largest absolute Gasteiger partial charge is 0.338 e. The third-order valence-electron chi connectivity index (χ3n) is 6.47. The quantitative estimate of drug-likeness (QED) is 0.746. The van der Waals surface area contributed by atoms with Gasteiger partial charge in [0.2, 0.25) is 5.91 Å². The summed E-state index contributed by atoms with van der Waals surface area (Å²) in [5.41, 5.74) is 3.06. The minimum absolute atomic E-state index is 0.108. The second-order valence-corrected chi connectivity index (χ2v) is 8.51. The molecular formula is C25H31N3O3. The predicted octanol–water partition coefficient (Wildman–Crippen LogP) is 3.01. The lowest BCUT2D eigenvalue weighted by Gasteiger charge is -2.32. The zero-order valence-corrected chi connectivity index (χ0v) is 18.3. The lowest BCUT2D eigenvalue weighted by Crippen LogP contribution is -2.43. The number of rotatable bonds is 5. The van der Waals surface area contributed by atoms with Crippen LogP contribution in [-0.2, 0) is 30.7 Å². The molecule has 0 N–H and O–H groups in total. The number of pyridine rings is 1. The molecule has 0 aliphatic carbocycles. The minimum atomic E-state index is -0.194. The highest BCUT2D eigenvalue weighted by Gasteiger charge is 2.30. The van der Waals surface area contributed by atoms with Crippen molar-refractivity contribution in [1.82, 2.24) is 14.4 Å². The molecule has 164 valence electrons. The second-order valence-electron chi connectivity index (χ2n) is 8.51. The first-order valence-corrected chi connectivity index (χ1v) is 11.4. The van der Waals surface area contributed by atoms with Gasteiger partial charge in [-0.25, -0.2) is 0 Å². The minimum Gasteiger partial charge on any atom is -0.338 e. The highest BCUT2D eigenvalue weighted by molar-refractivity contribution is 5.96. The molecule has 0 saturated carbocycles. The number of hydrogen-bond donors (Lipinski definition) is 0. The zero-order valence-electron chi connectivity index (χ0n) is 18.3. The molecule has 31 heavy (non-hydrogen) atoms. The van der Waals surface area contributed by atoms with Crippen LogP contribution in [-0.4, -0.2) is 45.8 Å². The van der Waals surface area contributed by atoms with Crippen LogP contribution < -0.4 is 5.56 Å². The van der Waals surface area contributed by atoms with Crippen LogP contribution in [0.2, 0.25) is 0 Å². The van der Waals surface area contributed by atoms with Gasteiger partial charge in [-0.2, -0.15) is 0 Å². The van der Waals surface area contributed by atoms with Gasteiger partial charge in [-0.1, -0.05) is 37.3 Å². The molecule has 1 aromatic carbocycles. The van der Waals surface area contributed by atoms with Crippen molar-refractivity contribution in [2.45, 2.75) is 58.5 Å². The summed E-state index contributed by atoms with van der Waals surface area (Å²) in [7, 11) is 0. The molecule has 4 rings (SSSR count). The molecule has 0 atom stereocenters. The van der Waals surface area contributed by atoms with E-state index >= 15 is 0 Å². The molecule has 1 fully saturated rings. The van der Waals surface area contributed by atoms with Gasteiger partial charge in [0.05, 0.1) is 0 Å². The lowest BCUT2D eigenvalue weighted by atomic mass is 9.95. The maximum absolute atomic E-state index is 13.5. The Bertz CT molecular complexity index is 1010. The summed E-state index contributed by atoms with van der Waals surface area (Å²) in [4.78, 5) is 42.8. The van der Waals surface area contributed by atoms with E-state index < -0.39 is 0 Å². The normalized spacial score (nSPS) is 16.2. The molecule has 2 amide bonds. The molecule has 1 aromatic heterocycles. The van der Waals surface area contributed by atoms with E-state index in [1.54, 1.807) is 4.57 Å². The van der Waals surface area contributed by atoms with Crippen LogP contribution in [0, 0.1) is 0 Å². The van der Waals surface area contributed by atoms with Gasteiger partial charge in [-0.05, 0) is 48.8 Å². The van der Waals surface area contributed by atoms with E-state index in [1.807, 2.05) is 53.3 Å². The smallest absolute Gasteiger partial charge is 0.263 e. The van der Waals surface area contributed by atoms with E-state index in [0.29, 0.717) is 57.5 Å². The van der Waals surface area contributed by atoms with Crippen LogP contribution in [0.1, 0.15) is 59.7 Å². The maximum atomic E-state index is 13.5. The van der Waals surface area contributed by atoms with Gasteiger partial charge >= 0.3 is 0 Å². The highest BCUT2D eigenvalue weighted by atomic mass is 16.2. The third-order valence-corrected chi connectivity index (χ3v) is 6.47. The van der Waals surface area contributed by atoms with Crippen molar-refractivity contribution in [2.75, 3.05) is 19.6 Å². The van der Waals surface area contributed by atoms with E-state index in [2.05, 4.69) is 0 Å². The Hall–Kier alpha value is -2.89. The van der Waals surface area contributed by atoms with Crippen molar-refractivity contribution in [2.24, 2.45) is 0 Å². The Morgan fingerprint density at radius 3 is 2.42 bits per heavy atom. The molecule has 3 heterocycles. The number of carbonyl (C=O) groups is 2. The Labute approximate surface area is 183 Å². The second kappa shape index (κ2) is 9.50. The Morgan fingerprint density at radius 1 is 0.968 bits per heavy atom. The first kappa shape index (κ1) is 21.3. The number of benzene rings is 1. The number of piperidine rings is 1. The van der Waals surface area contributed by atoms with Gasteiger partial charge < -0.3 is 14.4 Å². The molecule has 2 aliphatic rings. The van der Waals surface area contributed by atoms with E-state index in [4.69, 9.17) is 0 Å². The number of likely N-dealkylation sites (tertiary alicyclic amines) is 1. The van der Waals surface area contributed by atoms with Crippen LogP contribution in [0.3, 0.4) is 0 Å². The van der Waals surface area contributed by atoms with E-state index in [0.717, 1.165) is 36.0 Å². The van der Waals surface area contributed by atoms with Gasteiger partial charge in [0.15, 0.2) is 0 Å². The van der Waals surface area contributed by atoms with Crippen molar-refractivity contribution in [3.63, 3.8) is 0 Å². The number of aryl methyl sites for hydroxylation is 2. The fourth-order valence-corrected chi connectivity index (χ4v) is 4.68. The maximum Gasteiger partial charge on any atom is 0.263 e. The Morgan fingerprint density at radius 2 is 1.71 bits per heavy atom. The van der Waals surface area contributed by atoms with Gasteiger partial charge in [0.1, 0.15) is 5.56 Å². The number of nitrogens with zero attached hydrogens (tertiary/aromatic N) is 3. The summed E-state index contributed by atoms with van der Waals surface area (Å²) in [5, 5.41) is 0. The van der Waals surface area contributed by atoms with Crippen molar-refractivity contribution >= 4 is 11.8 Å². The summed E-state index contributed by atoms with van der Waals surface area (Å²) in [6, 6.07) is 10.0. The lowest BCUT2D eigenvalue weighted by molar-refractivity contribution is -0.131. The zero-order chi connectivity index (χ0) is 21.8. The monoisotopic (exact) mass is 421 g/mol. The fourth-order valence-electron chi connectivity index (χ4n) is 4.68. The number of carbonyl (C=O) groups excluding carboxylic acids is 2. The molecule has 6 nitrogen and oxygen atoms in total. The number of amides is 2. The fraction of sp³-hybridized carbons (Fsp3) is 0.480. The molecule has 2 aromatic rings. The summed E-state index contributed by atoms with van der Waals surface area (Å²) >= 11 is 0. The van der Waals surface area contributed by atoms with E-state index in [-0.39, 0.29) is 17.4 Å². The topological polar surface area (TPSA) is 62.6 Å². The number of aromatic nitrogens is 1. The molecule has 2 aliphatic heterocycles. The van der Waals surface area contributed by atoms with Gasteiger partial charge in [0.25, 0.3) is 11.5 Å². The Kier molecular flexibility index (Phi) is 6.54. The SMILES string of the molecule is CCC(=O)N1CCc2c(cn(CCc3ccccc3)c(=O)c2C(=O)N2CCCCC2)C1. The standard InChI is InChI=1S/C25H31N3O3/c1-2-22(29)27-16-12-21-20(17-27)18-28(15-11-19-9-5-3-6-10-19)25(31)23(21)24(30)26-13-7-4-8-14-26/h3,5-6,9-10,18H,2,4,7-8,11-17H2,1H3. The van der Waals surface area contributed by atoms with Crippen molar-refractivity contribution in [3.05, 3.63) is 69.1 Å². The van der Waals surface area contributed by atoms with E-state index in [1.165, 1.54) is 0 Å². The van der Waals surface area contributed by atoms with Crippen molar-refractivity contribution < 1.29 is 9.59 Å². The van der Waals surface area contributed by atoms with E-state index in [9.17, 15) is 14.4 Å². The number of fused-ring (bicyclic) bond motifs is 1. The Balaban J connectivity index is 1.70. The number of hydrogen-bond acceptors (Lipinski definition) is 3. The van der Waals surface area contributed by atoms with Gasteiger partial charge in [0, 0.05) is 45.3 Å². The van der Waals surface area contributed by atoms with Crippen molar-refractivity contribution in [1.29, 1.82) is 0 Å². The van der Waals surface area contributed by atoms with Gasteiger partial charge in [-0.15, -0.1) is 0 Å². The van der Waals surface area contributed by atoms with Crippen LogP contribution in [0.5, 0.6) is 0 Å². The van der Waals surface area contributed by atoms with Gasteiger partial charge in [-0.3, -0.25) is 14.4 Å². The molecule has 6 heteroatoms. The van der Waals surface area contributed by atoms with Crippen LogP contribution >= 0.6 is 0 Å². The van der Waals surface area contributed by atoms with Crippen LogP contribution in [0.4, 0.5) is 0 Å². The summed E-state index contributed by atoms with van der Waals surface area (Å²) in [6.45, 7) is 4.84. The first-order valence-electron chi connectivity index (χ1n) is 11.4. The average Bonchev–Trinajstić information content (AvgIpc) is 2.82. The summed E-state index contributed by atoms with van der Waals surface area (Å²) in [6.07, 6.45) is 6.72. The van der Waals surface area contributed by atoms with Crippen LogP contribution in [0.25, 0.3) is 0 Å². The van der Waals surface area contributed by atoms with Crippen molar-refractivity contribution in [3.8, 4) is 0 Å². The average molecular weight is 422 g/mol. The molecule has 0 radical (unpaired) electrons. The molecule has 1 saturated heterocycles. The van der Waals surface area contributed by atoms with Crippen LogP contribution in [0.15, 0.2) is 41.3 Å². The summed E-state index contributed by atoms with van der Waals surface area (Å²) < 4.78 is 1.68. The predicted molar refractivity (Wildman–Crippen MR) is 120 cm³/mol. The third kappa shape index (κ3) is 4.58. The molecule has 0 spiro atoms. The molecule has 0 bridgehead atoms. The molecular weight excluding hydrogens is 390 g/mol. The molecule has 0 unspecified atom stereocenters.